The van der Waals surface area contributed by atoms with Crippen LogP contribution in [0.1, 0.15) is 68.5 Å². The van der Waals surface area contributed by atoms with Crippen LogP contribution in [0.3, 0.4) is 0 Å². The SMILES string of the molecule is CCCC(CNC(=O)C(C)n1nc(C)cc1C)NC(=O)C(C)n1nc(C)cc1C. The minimum Gasteiger partial charge on any atom is -0.352 e. The van der Waals surface area contributed by atoms with Gasteiger partial charge in [0.2, 0.25) is 11.8 Å². The highest BCUT2D eigenvalue weighted by molar-refractivity contribution is 5.81. The zero-order valence-electron chi connectivity index (χ0n) is 18.6. The first-order valence-corrected chi connectivity index (χ1v) is 10.3. The number of nitrogens with zero attached hydrogens (tertiary/aromatic N) is 4. The lowest BCUT2D eigenvalue weighted by Gasteiger charge is -2.23. The van der Waals surface area contributed by atoms with Gasteiger partial charge in [0.1, 0.15) is 12.1 Å². The predicted octanol–water partition coefficient (Wildman–Crippen LogP) is 2.54. The Hall–Kier alpha value is -2.64. The van der Waals surface area contributed by atoms with E-state index in [-0.39, 0.29) is 17.9 Å². The molecule has 8 nitrogen and oxygen atoms in total. The summed E-state index contributed by atoms with van der Waals surface area (Å²) in [5.41, 5.74) is 3.67. The van der Waals surface area contributed by atoms with Crippen molar-refractivity contribution in [1.82, 2.24) is 30.2 Å². The van der Waals surface area contributed by atoms with Crippen LogP contribution < -0.4 is 10.6 Å². The summed E-state index contributed by atoms with van der Waals surface area (Å²) in [5.74, 6) is -0.214. The first-order chi connectivity index (χ1) is 13.6. The molecule has 3 unspecified atom stereocenters. The standard InChI is InChI=1S/C21H34N6O2/c1-8-9-19(23-21(29)18(7)27-16(5)11-14(3)25-27)12-22-20(28)17(6)26-15(4)10-13(2)24-26/h10-11,17-19H,8-9,12H2,1-7H3,(H,22,28)(H,23,29). The zero-order chi connectivity index (χ0) is 21.7. The monoisotopic (exact) mass is 402 g/mol. The van der Waals surface area contributed by atoms with Gasteiger partial charge < -0.3 is 10.6 Å². The van der Waals surface area contributed by atoms with Crippen LogP contribution in [0.4, 0.5) is 0 Å². The summed E-state index contributed by atoms with van der Waals surface area (Å²) < 4.78 is 3.46. The lowest BCUT2D eigenvalue weighted by atomic mass is 10.1. The van der Waals surface area contributed by atoms with Crippen molar-refractivity contribution in [2.45, 2.75) is 79.4 Å². The number of amides is 2. The van der Waals surface area contributed by atoms with E-state index in [0.29, 0.717) is 6.54 Å². The van der Waals surface area contributed by atoms with Crippen molar-refractivity contribution in [2.75, 3.05) is 6.54 Å². The minimum absolute atomic E-state index is 0.101. The lowest BCUT2D eigenvalue weighted by molar-refractivity contribution is -0.126. The highest BCUT2D eigenvalue weighted by atomic mass is 16.2. The van der Waals surface area contributed by atoms with Crippen LogP contribution >= 0.6 is 0 Å². The van der Waals surface area contributed by atoms with Crippen LogP contribution in [0, 0.1) is 27.7 Å². The summed E-state index contributed by atoms with van der Waals surface area (Å²) >= 11 is 0. The second-order valence-electron chi connectivity index (χ2n) is 7.83. The average Bonchev–Trinajstić information content (AvgIpc) is 3.18. The number of carbonyl (C=O) groups excluding carboxylic acids is 2. The molecule has 0 radical (unpaired) electrons. The molecule has 0 aromatic carbocycles. The maximum atomic E-state index is 12.7. The number of aryl methyl sites for hydroxylation is 4. The van der Waals surface area contributed by atoms with E-state index in [1.54, 1.807) is 9.36 Å². The van der Waals surface area contributed by atoms with E-state index < -0.39 is 12.1 Å². The normalized spacial score (nSPS) is 14.3. The molecule has 0 aliphatic heterocycles. The van der Waals surface area contributed by atoms with Gasteiger partial charge in [0.05, 0.1) is 11.4 Å². The van der Waals surface area contributed by atoms with Crippen molar-refractivity contribution < 1.29 is 9.59 Å². The van der Waals surface area contributed by atoms with Crippen LogP contribution in [0.2, 0.25) is 0 Å². The molecule has 2 aromatic heterocycles. The Morgan fingerprint density at radius 1 is 0.931 bits per heavy atom. The highest BCUT2D eigenvalue weighted by Crippen LogP contribution is 2.13. The van der Waals surface area contributed by atoms with Crippen molar-refractivity contribution in [2.24, 2.45) is 0 Å². The van der Waals surface area contributed by atoms with Gasteiger partial charge in [-0.2, -0.15) is 10.2 Å². The highest BCUT2D eigenvalue weighted by Gasteiger charge is 2.23. The molecule has 160 valence electrons. The predicted molar refractivity (Wildman–Crippen MR) is 113 cm³/mol. The Morgan fingerprint density at radius 3 is 1.83 bits per heavy atom. The van der Waals surface area contributed by atoms with Crippen molar-refractivity contribution in [3.8, 4) is 0 Å². The molecule has 2 amide bonds. The topological polar surface area (TPSA) is 93.8 Å². The molecule has 2 N–H and O–H groups in total. The molecule has 2 heterocycles. The molecule has 0 aliphatic rings. The Balaban J connectivity index is 1.97. The smallest absolute Gasteiger partial charge is 0.244 e. The van der Waals surface area contributed by atoms with E-state index in [1.165, 1.54) is 0 Å². The summed E-state index contributed by atoms with van der Waals surface area (Å²) in [5, 5.41) is 14.8. The van der Waals surface area contributed by atoms with Crippen molar-refractivity contribution in [1.29, 1.82) is 0 Å². The second-order valence-corrected chi connectivity index (χ2v) is 7.83. The maximum Gasteiger partial charge on any atom is 0.244 e. The summed E-state index contributed by atoms with van der Waals surface area (Å²) in [6.45, 7) is 13.8. The van der Waals surface area contributed by atoms with Gasteiger partial charge in [0.15, 0.2) is 0 Å². The Morgan fingerprint density at radius 2 is 1.41 bits per heavy atom. The van der Waals surface area contributed by atoms with Crippen LogP contribution in [-0.2, 0) is 9.59 Å². The van der Waals surface area contributed by atoms with Gasteiger partial charge in [-0.15, -0.1) is 0 Å². The number of hydrogen-bond donors (Lipinski definition) is 2. The van der Waals surface area contributed by atoms with Gasteiger partial charge in [-0.05, 0) is 60.1 Å². The fourth-order valence-electron chi connectivity index (χ4n) is 3.57. The molecule has 3 atom stereocenters. The van der Waals surface area contributed by atoms with Crippen molar-refractivity contribution in [3.63, 3.8) is 0 Å². The zero-order valence-corrected chi connectivity index (χ0v) is 18.6. The Kier molecular flexibility index (Phi) is 7.59. The van der Waals surface area contributed by atoms with Crippen LogP contribution in [-0.4, -0.2) is 44.0 Å². The molecule has 2 rings (SSSR count). The molecule has 2 aromatic rings. The van der Waals surface area contributed by atoms with Gasteiger partial charge in [-0.1, -0.05) is 13.3 Å². The van der Waals surface area contributed by atoms with E-state index in [2.05, 4.69) is 27.8 Å². The Labute approximate surface area is 173 Å². The van der Waals surface area contributed by atoms with Gasteiger partial charge >= 0.3 is 0 Å². The maximum absolute atomic E-state index is 12.7. The molecule has 29 heavy (non-hydrogen) atoms. The van der Waals surface area contributed by atoms with E-state index in [1.807, 2.05) is 53.7 Å². The number of aromatic nitrogens is 4. The molecule has 0 bridgehead atoms. The summed E-state index contributed by atoms with van der Waals surface area (Å²) in [4.78, 5) is 25.3. The van der Waals surface area contributed by atoms with E-state index >= 15 is 0 Å². The molecule has 0 spiro atoms. The third-order valence-corrected chi connectivity index (χ3v) is 5.09. The second kappa shape index (κ2) is 9.71. The van der Waals surface area contributed by atoms with E-state index in [4.69, 9.17) is 0 Å². The number of rotatable bonds is 9. The fourth-order valence-corrected chi connectivity index (χ4v) is 3.57. The van der Waals surface area contributed by atoms with E-state index in [0.717, 1.165) is 35.6 Å². The summed E-state index contributed by atoms with van der Waals surface area (Å²) in [6, 6.07) is 2.95. The molecule has 0 saturated carbocycles. The molecule has 0 aliphatic carbocycles. The first kappa shape index (κ1) is 22.6. The van der Waals surface area contributed by atoms with Gasteiger partial charge in [0, 0.05) is 24.0 Å². The average molecular weight is 403 g/mol. The van der Waals surface area contributed by atoms with Gasteiger partial charge in [-0.25, -0.2) is 0 Å². The largest absolute Gasteiger partial charge is 0.352 e. The number of nitrogens with one attached hydrogen (secondary N) is 2. The fraction of sp³-hybridized carbons (Fsp3) is 0.619. The van der Waals surface area contributed by atoms with Crippen LogP contribution in [0.25, 0.3) is 0 Å². The minimum atomic E-state index is -0.410. The summed E-state index contributed by atoms with van der Waals surface area (Å²) in [7, 11) is 0. The molecule has 0 saturated heterocycles. The van der Waals surface area contributed by atoms with Crippen LogP contribution in [0.5, 0.6) is 0 Å². The van der Waals surface area contributed by atoms with Crippen molar-refractivity contribution in [3.05, 3.63) is 34.9 Å². The quantitative estimate of drug-likeness (QED) is 0.674. The Bertz CT molecular complexity index is 853. The van der Waals surface area contributed by atoms with Gasteiger partial charge in [-0.3, -0.25) is 19.0 Å². The third kappa shape index (κ3) is 5.68. The van der Waals surface area contributed by atoms with E-state index in [9.17, 15) is 9.59 Å². The lowest BCUT2D eigenvalue weighted by Crippen LogP contribution is -2.47. The van der Waals surface area contributed by atoms with Crippen LogP contribution in [0.15, 0.2) is 12.1 Å². The third-order valence-electron chi connectivity index (χ3n) is 5.09. The summed E-state index contributed by atoms with van der Waals surface area (Å²) in [6.07, 6.45) is 1.69. The molecule has 8 heteroatoms. The molecular weight excluding hydrogens is 368 g/mol. The van der Waals surface area contributed by atoms with Crippen molar-refractivity contribution >= 4 is 11.8 Å². The molecule has 0 fully saturated rings. The number of carbonyl (C=O) groups is 2. The number of hydrogen-bond acceptors (Lipinski definition) is 4. The first-order valence-electron chi connectivity index (χ1n) is 10.3. The molecular formula is C21H34N6O2. The van der Waals surface area contributed by atoms with Gasteiger partial charge in [0.25, 0.3) is 0 Å².